The van der Waals surface area contributed by atoms with E-state index in [2.05, 4.69) is 10.1 Å². The highest BCUT2D eigenvalue weighted by atomic mass is 32.2. The van der Waals surface area contributed by atoms with Crippen LogP contribution in [0.3, 0.4) is 0 Å². The molecule has 1 amide bonds. The van der Waals surface area contributed by atoms with E-state index in [1.807, 2.05) is 0 Å². The lowest BCUT2D eigenvalue weighted by Crippen LogP contribution is -2.28. The molecule has 0 bridgehead atoms. The first-order valence-electron chi connectivity index (χ1n) is 17.3. The van der Waals surface area contributed by atoms with E-state index in [1.165, 1.54) is 0 Å². The van der Waals surface area contributed by atoms with Gasteiger partial charge in [0.25, 0.3) is 0 Å². The van der Waals surface area contributed by atoms with Crippen LogP contribution in [0.15, 0.2) is 4.90 Å². The lowest BCUT2D eigenvalue weighted by molar-refractivity contribution is -0.136. The summed E-state index contributed by atoms with van der Waals surface area (Å²) < 4.78 is 149. The van der Waals surface area contributed by atoms with Gasteiger partial charge in [-0.05, 0) is 0 Å². The summed E-state index contributed by atoms with van der Waals surface area (Å²) >= 11 is 0. The Morgan fingerprint density at radius 3 is 1.11 bits per heavy atom. The third-order valence-electron chi connectivity index (χ3n) is 6.30. The molecule has 24 heteroatoms. The molecule has 0 fully saturated rings. The fourth-order valence-electron chi connectivity index (χ4n) is 3.71. The molecule has 0 aliphatic rings. The number of nitrogens with one attached hydrogen (secondary N) is 1. The van der Waals surface area contributed by atoms with E-state index in [9.17, 15) is 35.6 Å². The number of hydrogen-bond donors (Lipinski definition) is 3. The quantitative estimate of drug-likeness (QED) is 0.0209. The third-order valence-corrected chi connectivity index (χ3v) is 7.17. The Bertz CT molecular complexity index is 1290. The molecule has 1 aromatic rings. The fourth-order valence-corrected chi connectivity index (χ4v) is 4.34. The number of amides is 1. The molecule has 0 aliphatic heterocycles. The molecular formula is C32H51F4NO18S. The van der Waals surface area contributed by atoms with Crippen LogP contribution in [0.2, 0.25) is 0 Å². The van der Waals surface area contributed by atoms with E-state index >= 15 is 0 Å². The average Bonchev–Trinajstić information content (AvgIpc) is 3.16. The Hall–Kier alpha value is -2.85. The van der Waals surface area contributed by atoms with Crippen molar-refractivity contribution in [1.82, 2.24) is 5.32 Å². The van der Waals surface area contributed by atoms with Gasteiger partial charge < -0.3 is 67.3 Å². The molecule has 56 heavy (non-hydrogen) atoms. The van der Waals surface area contributed by atoms with Gasteiger partial charge in [0.15, 0.2) is 16.5 Å². The van der Waals surface area contributed by atoms with Crippen molar-refractivity contribution in [2.75, 3.05) is 152 Å². The van der Waals surface area contributed by atoms with Gasteiger partial charge in [-0.2, -0.15) is 17.2 Å². The fraction of sp³-hybridized carbons (Fsp3) is 0.750. The Morgan fingerprint density at radius 2 is 0.804 bits per heavy atom. The van der Waals surface area contributed by atoms with Crippen molar-refractivity contribution in [3.63, 3.8) is 0 Å². The number of ether oxygens (including phenoxy) is 12. The van der Waals surface area contributed by atoms with Gasteiger partial charge in [0.2, 0.25) is 17.4 Å². The molecule has 0 spiro atoms. The Kier molecular flexibility index (Phi) is 30.3. The van der Waals surface area contributed by atoms with Crippen LogP contribution in [0.4, 0.5) is 22.4 Å². The number of esters is 1. The van der Waals surface area contributed by atoms with Crippen LogP contribution in [-0.2, 0) is 67.0 Å². The number of aliphatic hydroxyl groups is 1. The summed E-state index contributed by atoms with van der Waals surface area (Å²) in [5.41, 5.74) is 0. The van der Waals surface area contributed by atoms with Crippen LogP contribution in [0.5, 0.6) is 5.75 Å². The van der Waals surface area contributed by atoms with E-state index in [1.54, 1.807) is 0 Å². The minimum Gasteiger partial charge on any atom is -0.447 e. The number of benzene rings is 1. The van der Waals surface area contributed by atoms with E-state index < -0.39 is 62.5 Å². The number of carbonyl (C=O) groups excluding carboxylic acids is 2. The van der Waals surface area contributed by atoms with Gasteiger partial charge in [-0.25, -0.2) is 13.6 Å². The number of aliphatic hydroxyl groups excluding tert-OH is 1. The molecule has 0 saturated heterocycles. The second kappa shape index (κ2) is 33.2. The molecule has 1 rings (SSSR count). The van der Waals surface area contributed by atoms with Crippen molar-refractivity contribution in [2.45, 2.75) is 11.3 Å². The summed E-state index contributed by atoms with van der Waals surface area (Å²) in [5, 5.41) is 10.9. The number of alkyl carbamates (subject to hydrolysis) is 1. The second-order valence-electron chi connectivity index (χ2n) is 10.5. The van der Waals surface area contributed by atoms with Crippen LogP contribution >= 0.6 is 0 Å². The minimum absolute atomic E-state index is 0.0227. The van der Waals surface area contributed by atoms with Crippen molar-refractivity contribution in [3.8, 4) is 5.75 Å². The normalized spacial score (nSPS) is 11.6. The van der Waals surface area contributed by atoms with Gasteiger partial charge in [-0.1, -0.05) is 0 Å². The zero-order chi connectivity index (χ0) is 41.3. The maximum atomic E-state index is 13.9. The van der Waals surface area contributed by atoms with Crippen LogP contribution < -0.4 is 10.1 Å². The van der Waals surface area contributed by atoms with Crippen LogP contribution in [0.25, 0.3) is 0 Å². The second-order valence-corrected chi connectivity index (χ2v) is 11.9. The van der Waals surface area contributed by atoms with Crippen LogP contribution in [-0.4, -0.2) is 182 Å². The largest absolute Gasteiger partial charge is 0.447 e. The Morgan fingerprint density at radius 1 is 0.500 bits per heavy atom. The van der Waals surface area contributed by atoms with Crippen molar-refractivity contribution in [1.29, 1.82) is 0 Å². The molecule has 0 heterocycles. The summed E-state index contributed by atoms with van der Waals surface area (Å²) in [6.07, 6.45) is -1.18. The Balaban J connectivity index is 1.79. The van der Waals surface area contributed by atoms with Crippen molar-refractivity contribution < 1.29 is 102 Å². The number of rotatable bonds is 37. The average molecular weight is 846 g/mol. The minimum atomic E-state index is -5.64. The van der Waals surface area contributed by atoms with Crippen LogP contribution in [0.1, 0.15) is 6.42 Å². The highest BCUT2D eigenvalue weighted by Crippen LogP contribution is 2.32. The first-order chi connectivity index (χ1) is 27.0. The monoisotopic (exact) mass is 845 g/mol. The maximum absolute atomic E-state index is 13.9. The maximum Gasteiger partial charge on any atom is 0.407 e. The zero-order valence-electron chi connectivity index (χ0n) is 30.8. The molecule has 3 N–H and O–H groups in total. The van der Waals surface area contributed by atoms with Crippen LogP contribution in [0, 0.1) is 23.3 Å². The van der Waals surface area contributed by atoms with Crippen molar-refractivity contribution in [3.05, 3.63) is 23.3 Å². The van der Waals surface area contributed by atoms with E-state index in [0.717, 1.165) is 0 Å². The lowest BCUT2D eigenvalue weighted by atomic mass is 10.3. The highest BCUT2D eigenvalue weighted by molar-refractivity contribution is 7.85. The van der Waals surface area contributed by atoms with Gasteiger partial charge in [0.1, 0.15) is 6.61 Å². The summed E-state index contributed by atoms with van der Waals surface area (Å²) in [4.78, 5) is 20.6. The first kappa shape index (κ1) is 51.2. The first-order valence-corrected chi connectivity index (χ1v) is 18.8. The zero-order valence-corrected chi connectivity index (χ0v) is 31.6. The molecule has 0 saturated carbocycles. The van der Waals surface area contributed by atoms with E-state index in [0.29, 0.717) is 92.5 Å². The summed E-state index contributed by atoms with van der Waals surface area (Å²) in [7, 11) is -5.64. The molecule has 0 aliphatic carbocycles. The number of halogens is 4. The predicted molar refractivity (Wildman–Crippen MR) is 181 cm³/mol. The summed E-state index contributed by atoms with van der Waals surface area (Å²) in [5.74, 6) is -12.7. The molecular weight excluding hydrogens is 794 g/mol. The SMILES string of the molecule is O=C(CCOCCOCCOCCOCCOCCOCCOCCOCCOCCOCCOC(=O)NCCO)Oc1c(F)c(F)c(S(=O)(=O)O)c(F)c1F. The van der Waals surface area contributed by atoms with E-state index in [-0.39, 0.29) is 59.4 Å². The lowest BCUT2D eigenvalue weighted by Gasteiger charge is -2.11. The topological polar surface area (TPSA) is 232 Å². The molecule has 1 aromatic carbocycles. The van der Waals surface area contributed by atoms with Gasteiger partial charge in [0, 0.05) is 6.54 Å². The van der Waals surface area contributed by atoms with Gasteiger partial charge in [-0.3, -0.25) is 9.35 Å². The molecule has 19 nitrogen and oxygen atoms in total. The van der Waals surface area contributed by atoms with E-state index in [4.69, 9.17) is 61.8 Å². The molecule has 0 aromatic heterocycles. The summed E-state index contributed by atoms with van der Waals surface area (Å²) in [6.45, 7) is 6.09. The Labute approximate surface area is 321 Å². The third kappa shape index (κ3) is 25.4. The molecule has 0 unspecified atom stereocenters. The summed E-state index contributed by atoms with van der Waals surface area (Å²) in [6, 6.07) is 0. The predicted octanol–water partition coefficient (Wildman–Crippen LogP) is 0.670. The molecule has 0 radical (unpaired) electrons. The standard InChI is InChI=1S/C32H51F4NO18S/c33-26-28(35)31(56(41,42)43)29(36)27(34)30(26)55-25(39)1-4-44-5-6-45-7-8-46-9-10-47-11-12-48-13-14-49-15-16-50-17-18-51-19-20-52-21-22-53-23-24-54-32(40)37-2-3-38/h38H,1-24H2,(H,37,40)(H,41,42,43). The molecule has 0 atom stereocenters. The van der Waals surface area contributed by atoms with Crippen molar-refractivity contribution in [2.24, 2.45) is 0 Å². The number of hydrogen-bond acceptors (Lipinski definition) is 17. The highest BCUT2D eigenvalue weighted by Gasteiger charge is 2.34. The van der Waals surface area contributed by atoms with Gasteiger partial charge in [0.05, 0.1) is 145 Å². The van der Waals surface area contributed by atoms with Crippen molar-refractivity contribution >= 4 is 22.2 Å². The van der Waals surface area contributed by atoms with Gasteiger partial charge >= 0.3 is 22.2 Å². The molecule has 326 valence electrons. The number of carbonyl (C=O) groups is 2. The van der Waals surface area contributed by atoms with Gasteiger partial charge in [-0.15, -0.1) is 0 Å². The smallest absolute Gasteiger partial charge is 0.407 e.